The molecule has 110 valence electrons. The van der Waals surface area contributed by atoms with Crippen molar-refractivity contribution in [3.63, 3.8) is 0 Å². The molecule has 0 amide bonds. The van der Waals surface area contributed by atoms with Crippen molar-refractivity contribution in [1.82, 2.24) is 9.97 Å². The van der Waals surface area contributed by atoms with E-state index in [-0.39, 0.29) is 5.60 Å². The number of hydrogen-bond acceptors (Lipinski definition) is 4. The zero-order valence-corrected chi connectivity index (χ0v) is 13.0. The van der Waals surface area contributed by atoms with Gasteiger partial charge in [0.2, 0.25) is 0 Å². The molecule has 21 heavy (non-hydrogen) atoms. The van der Waals surface area contributed by atoms with Gasteiger partial charge >= 0.3 is 0 Å². The number of para-hydroxylation sites is 1. The third-order valence-corrected chi connectivity index (χ3v) is 3.54. The van der Waals surface area contributed by atoms with Gasteiger partial charge < -0.3 is 10.1 Å². The SMILES string of the molecule is CCNc1cc(C)nc(-c2cccc3c2OC(C)(C)C3)n1. The van der Waals surface area contributed by atoms with Crippen LogP contribution in [0.15, 0.2) is 24.3 Å². The second-order valence-electron chi connectivity index (χ2n) is 6.08. The second kappa shape index (κ2) is 5.02. The van der Waals surface area contributed by atoms with Crippen LogP contribution < -0.4 is 10.1 Å². The molecule has 2 heterocycles. The van der Waals surface area contributed by atoms with E-state index in [2.05, 4.69) is 48.2 Å². The third kappa shape index (κ3) is 2.71. The summed E-state index contributed by atoms with van der Waals surface area (Å²) >= 11 is 0. The third-order valence-electron chi connectivity index (χ3n) is 3.54. The fraction of sp³-hybridized carbons (Fsp3) is 0.412. The summed E-state index contributed by atoms with van der Waals surface area (Å²) in [5.74, 6) is 2.51. The molecular weight excluding hydrogens is 262 g/mol. The molecule has 0 bridgehead atoms. The highest BCUT2D eigenvalue weighted by molar-refractivity contribution is 5.69. The van der Waals surface area contributed by atoms with E-state index in [1.165, 1.54) is 5.56 Å². The molecule has 1 aromatic heterocycles. The average Bonchev–Trinajstić information content (AvgIpc) is 2.71. The summed E-state index contributed by atoms with van der Waals surface area (Å²) in [5.41, 5.74) is 2.99. The molecule has 0 fully saturated rings. The molecule has 1 aliphatic heterocycles. The van der Waals surface area contributed by atoms with Crippen LogP contribution in [0.25, 0.3) is 11.4 Å². The van der Waals surface area contributed by atoms with Gasteiger partial charge in [-0.05, 0) is 39.3 Å². The number of benzene rings is 1. The van der Waals surface area contributed by atoms with E-state index in [0.29, 0.717) is 0 Å². The van der Waals surface area contributed by atoms with E-state index in [1.54, 1.807) is 0 Å². The molecule has 0 radical (unpaired) electrons. The lowest BCUT2D eigenvalue weighted by Gasteiger charge is -2.18. The first kappa shape index (κ1) is 13.9. The summed E-state index contributed by atoms with van der Waals surface area (Å²) in [6.45, 7) is 9.10. The summed E-state index contributed by atoms with van der Waals surface area (Å²) in [6, 6.07) is 8.16. The van der Waals surface area contributed by atoms with Gasteiger partial charge in [-0.3, -0.25) is 0 Å². The molecule has 0 atom stereocenters. The van der Waals surface area contributed by atoms with Gasteiger partial charge in [0.05, 0.1) is 5.56 Å². The Balaban J connectivity index is 2.09. The maximum atomic E-state index is 6.12. The van der Waals surface area contributed by atoms with Crippen LogP contribution in [0.3, 0.4) is 0 Å². The first-order valence-electron chi connectivity index (χ1n) is 7.39. The molecule has 1 aromatic carbocycles. The standard InChI is InChI=1S/C17H21N3O/c1-5-18-14-9-11(2)19-16(20-14)13-8-6-7-12-10-17(3,4)21-15(12)13/h6-9H,5,10H2,1-4H3,(H,18,19,20). The van der Waals surface area contributed by atoms with E-state index in [1.807, 2.05) is 19.1 Å². The van der Waals surface area contributed by atoms with Gasteiger partial charge in [-0.25, -0.2) is 9.97 Å². The average molecular weight is 283 g/mol. The summed E-state index contributed by atoms with van der Waals surface area (Å²) in [4.78, 5) is 9.20. The second-order valence-corrected chi connectivity index (χ2v) is 6.08. The van der Waals surface area contributed by atoms with Crippen LogP contribution in [0.1, 0.15) is 32.0 Å². The van der Waals surface area contributed by atoms with Crippen molar-refractivity contribution in [3.8, 4) is 17.1 Å². The highest BCUT2D eigenvalue weighted by Gasteiger charge is 2.32. The van der Waals surface area contributed by atoms with Crippen LogP contribution in [0, 0.1) is 6.92 Å². The number of aromatic nitrogens is 2. The maximum Gasteiger partial charge on any atom is 0.165 e. The molecule has 4 nitrogen and oxygen atoms in total. The zero-order valence-electron chi connectivity index (χ0n) is 13.0. The van der Waals surface area contributed by atoms with Gasteiger partial charge in [-0.2, -0.15) is 0 Å². The lowest BCUT2D eigenvalue weighted by atomic mass is 10.0. The highest BCUT2D eigenvalue weighted by Crippen LogP contribution is 2.41. The van der Waals surface area contributed by atoms with E-state index in [0.717, 1.165) is 41.6 Å². The largest absolute Gasteiger partial charge is 0.486 e. The van der Waals surface area contributed by atoms with E-state index in [9.17, 15) is 0 Å². The fourth-order valence-electron chi connectivity index (χ4n) is 2.75. The monoisotopic (exact) mass is 283 g/mol. The van der Waals surface area contributed by atoms with Gasteiger partial charge in [0.1, 0.15) is 17.2 Å². The molecule has 2 aromatic rings. The summed E-state index contributed by atoms with van der Waals surface area (Å²) in [7, 11) is 0. The quantitative estimate of drug-likeness (QED) is 0.935. The van der Waals surface area contributed by atoms with E-state index in [4.69, 9.17) is 4.74 Å². The van der Waals surface area contributed by atoms with Crippen molar-refractivity contribution in [2.24, 2.45) is 0 Å². The maximum absolute atomic E-state index is 6.12. The first-order chi connectivity index (χ1) is 9.98. The molecule has 4 heteroatoms. The molecule has 0 aliphatic carbocycles. The predicted molar refractivity (Wildman–Crippen MR) is 84.8 cm³/mol. The molecule has 1 aliphatic rings. The van der Waals surface area contributed by atoms with Crippen LogP contribution in [0.5, 0.6) is 5.75 Å². The number of nitrogens with one attached hydrogen (secondary N) is 1. The number of ether oxygens (including phenoxy) is 1. The van der Waals surface area contributed by atoms with Crippen LogP contribution in [-0.2, 0) is 6.42 Å². The minimum Gasteiger partial charge on any atom is -0.486 e. The molecule has 3 rings (SSSR count). The number of rotatable bonds is 3. The number of aryl methyl sites for hydroxylation is 1. The number of anilines is 1. The molecule has 1 N–H and O–H groups in total. The Labute approximate surface area is 125 Å². The van der Waals surface area contributed by atoms with Crippen LogP contribution in [0.2, 0.25) is 0 Å². The number of hydrogen-bond donors (Lipinski definition) is 1. The summed E-state index contributed by atoms with van der Waals surface area (Å²) in [6.07, 6.45) is 0.919. The van der Waals surface area contributed by atoms with Crippen molar-refractivity contribution >= 4 is 5.82 Å². The Morgan fingerprint density at radius 1 is 1.29 bits per heavy atom. The van der Waals surface area contributed by atoms with E-state index < -0.39 is 0 Å². The minimum atomic E-state index is -0.160. The van der Waals surface area contributed by atoms with Gasteiger partial charge in [0.25, 0.3) is 0 Å². The zero-order chi connectivity index (χ0) is 15.0. The first-order valence-corrected chi connectivity index (χ1v) is 7.39. The van der Waals surface area contributed by atoms with Crippen LogP contribution >= 0.6 is 0 Å². The van der Waals surface area contributed by atoms with Crippen molar-refractivity contribution in [1.29, 1.82) is 0 Å². The predicted octanol–water partition coefficient (Wildman–Crippen LogP) is 3.60. The lowest BCUT2D eigenvalue weighted by Crippen LogP contribution is -2.24. The topological polar surface area (TPSA) is 47.0 Å². The van der Waals surface area contributed by atoms with E-state index >= 15 is 0 Å². The molecule has 0 unspecified atom stereocenters. The highest BCUT2D eigenvalue weighted by atomic mass is 16.5. The van der Waals surface area contributed by atoms with Gasteiger partial charge in [0, 0.05) is 24.7 Å². The Hall–Kier alpha value is -2.10. The van der Waals surface area contributed by atoms with Crippen molar-refractivity contribution < 1.29 is 4.74 Å². The normalized spacial score (nSPS) is 15.4. The van der Waals surface area contributed by atoms with Crippen LogP contribution in [-0.4, -0.2) is 22.1 Å². The van der Waals surface area contributed by atoms with Gasteiger partial charge in [0.15, 0.2) is 5.82 Å². The van der Waals surface area contributed by atoms with Crippen molar-refractivity contribution in [2.45, 2.75) is 39.7 Å². The lowest BCUT2D eigenvalue weighted by molar-refractivity contribution is 0.139. The molecular formula is C17H21N3O. The van der Waals surface area contributed by atoms with Gasteiger partial charge in [-0.15, -0.1) is 0 Å². The van der Waals surface area contributed by atoms with Crippen molar-refractivity contribution in [3.05, 3.63) is 35.5 Å². The van der Waals surface area contributed by atoms with Crippen molar-refractivity contribution in [2.75, 3.05) is 11.9 Å². The summed E-state index contributed by atoms with van der Waals surface area (Å²) < 4.78 is 6.12. The molecule has 0 saturated carbocycles. The molecule has 0 spiro atoms. The number of fused-ring (bicyclic) bond motifs is 1. The van der Waals surface area contributed by atoms with Crippen LogP contribution in [0.4, 0.5) is 5.82 Å². The minimum absolute atomic E-state index is 0.160. The Kier molecular flexibility index (Phi) is 3.32. The smallest absolute Gasteiger partial charge is 0.165 e. The van der Waals surface area contributed by atoms with Gasteiger partial charge in [-0.1, -0.05) is 12.1 Å². The Morgan fingerprint density at radius 2 is 2.10 bits per heavy atom. The Morgan fingerprint density at radius 3 is 2.86 bits per heavy atom. The fourth-order valence-corrected chi connectivity index (χ4v) is 2.75. The Bertz CT molecular complexity index is 680. The molecule has 0 saturated heterocycles. The summed E-state index contributed by atoms with van der Waals surface area (Å²) in [5, 5.41) is 3.25. The number of nitrogens with zero attached hydrogens (tertiary/aromatic N) is 2.